The Kier molecular flexibility index (Phi) is 6.04. The van der Waals surface area contributed by atoms with E-state index in [0.29, 0.717) is 5.69 Å². The van der Waals surface area contributed by atoms with E-state index in [1.807, 2.05) is 67.4 Å². The molecule has 1 saturated heterocycles. The van der Waals surface area contributed by atoms with E-state index < -0.39 is 0 Å². The third-order valence-electron chi connectivity index (χ3n) is 5.66. The van der Waals surface area contributed by atoms with E-state index in [2.05, 4.69) is 5.10 Å². The number of benzene rings is 2. The van der Waals surface area contributed by atoms with Crippen molar-refractivity contribution < 1.29 is 5.11 Å². The monoisotopic (exact) mass is 434 g/mol. The quantitative estimate of drug-likeness (QED) is 0.485. The zero-order valence-corrected chi connectivity index (χ0v) is 18.6. The van der Waals surface area contributed by atoms with Crippen LogP contribution in [0.3, 0.4) is 0 Å². The van der Waals surface area contributed by atoms with Crippen LogP contribution in [0.4, 0.5) is 0 Å². The molecule has 0 amide bonds. The number of nitrogens with zero attached hydrogens (tertiary/aromatic N) is 4. The molecule has 7 heteroatoms. The number of rotatable bonds is 4. The number of para-hydroxylation sites is 2. The summed E-state index contributed by atoms with van der Waals surface area (Å²) in [5.74, 6) is -0.199. The number of aromatic hydroxyl groups is 1. The molecule has 0 unspecified atom stereocenters. The maximum absolute atomic E-state index is 13.5. The highest BCUT2D eigenvalue weighted by Crippen LogP contribution is 2.24. The van der Waals surface area contributed by atoms with Crippen LogP contribution in [-0.2, 0) is 0 Å². The molecule has 0 aliphatic carbocycles. The fraction of sp³-hybridized carbons (Fsp3) is 0.292. The van der Waals surface area contributed by atoms with Crippen molar-refractivity contribution in [2.75, 3.05) is 13.1 Å². The van der Waals surface area contributed by atoms with Gasteiger partial charge in [-0.2, -0.15) is 5.10 Å². The molecule has 1 aromatic heterocycles. The lowest BCUT2D eigenvalue weighted by molar-refractivity contribution is 0.240. The number of hydrogen-bond acceptors (Lipinski definition) is 5. The van der Waals surface area contributed by atoms with Crippen molar-refractivity contribution in [1.29, 1.82) is 0 Å². The third-order valence-corrected chi connectivity index (χ3v) is 6.03. The summed E-state index contributed by atoms with van der Waals surface area (Å²) in [6.45, 7) is 5.57. The summed E-state index contributed by atoms with van der Waals surface area (Å²) in [5.41, 5.74) is 2.99. The van der Waals surface area contributed by atoms with Crippen molar-refractivity contribution in [3.8, 4) is 17.3 Å². The zero-order chi connectivity index (χ0) is 22.0. The normalized spacial score (nSPS) is 14.3. The van der Waals surface area contributed by atoms with Gasteiger partial charge < -0.3 is 5.11 Å². The van der Waals surface area contributed by atoms with Crippen molar-refractivity contribution in [2.45, 2.75) is 33.1 Å². The summed E-state index contributed by atoms with van der Waals surface area (Å²) in [6.07, 6.45) is 4.81. The molecule has 3 aromatic rings. The molecule has 2 heterocycles. The van der Waals surface area contributed by atoms with Crippen LogP contribution in [0, 0.1) is 18.6 Å². The van der Waals surface area contributed by atoms with E-state index in [4.69, 9.17) is 12.2 Å². The molecule has 2 aromatic carbocycles. The van der Waals surface area contributed by atoms with Gasteiger partial charge in [0, 0.05) is 13.1 Å². The van der Waals surface area contributed by atoms with E-state index in [9.17, 15) is 9.90 Å². The molecule has 1 aliphatic rings. The predicted molar refractivity (Wildman–Crippen MR) is 126 cm³/mol. The van der Waals surface area contributed by atoms with E-state index in [1.54, 1.807) is 4.57 Å². The van der Waals surface area contributed by atoms with Gasteiger partial charge in [-0.3, -0.25) is 18.9 Å². The molecule has 160 valence electrons. The molecule has 1 aliphatic heterocycles. The summed E-state index contributed by atoms with van der Waals surface area (Å²) >= 11 is 5.73. The molecule has 0 radical (unpaired) electrons. The Morgan fingerprint density at radius 3 is 2.03 bits per heavy atom. The Morgan fingerprint density at radius 2 is 1.45 bits per heavy atom. The van der Waals surface area contributed by atoms with Gasteiger partial charge in [0.05, 0.1) is 17.6 Å². The van der Waals surface area contributed by atoms with E-state index >= 15 is 0 Å². The van der Waals surface area contributed by atoms with E-state index in [1.165, 1.54) is 17.2 Å². The first-order valence-corrected chi connectivity index (χ1v) is 10.9. The molecular formula is C24H26N4O2S. The average Bonchev–Trinajstić information content (AvgIpc) is 2.77. The van der Waals surface area contributed by atoms with Crippen LogP contribution in [0.15, 0.2) is 58.4 Å². The van der Waals surface area contributed by atoms with Gasteiger partial charge in [0.2, 0.25) is 5.88 Å². The molecule has 1 fully saturated rings. The van der Waals surface area contributed by atoms with E-state index in [0.717, 1.165) is 42.7 Å². The van der Waals surface area contributed by atoms with Gasteiger partial charge in [0.25, 0.3) is 5.56 Å². The largest absolute Gasteiger partial charge is 0.494 e. The minimum atomic E-state index is -0.387. The summed E-state index contributed by atoms with van der Waals surface area (Å²) in [6, 6.07) is 15.2. The second-order valence-electron chi connectivity index (χ2n) is 7.83. The Hall–Kier alpha value is -3.19. The SMILES string of the molecule is Cc1ccccc1-n1c(O)c(C=NN2CCCCC2)c(=O)n(-c2ccccc2C)c1=S. The number of hydrogen-bond donors (Lipinski definition) is 1. The van der Waals surface area contributed by atoms with Crippen LogP contribution < -0.4 is 5.56 Å². The molecular weight excluding hydrogens is 408 g/mol. The molecule has 0 atom stereocenters. The van der Waals surface area contributed by atoms with Gasteiger partial charge in [0.15, 0.2) is 4.77 Å². The number of aromatic nitrogens is 2. The second kappa shape index (κ2) is 8.89. The summed E-state index contributed by atoms with van der Waals surface area (Å²) < 4.78 is 3.24. The van der Waals surface area contributed by atoms with Crippen LogP contribution in [0.25, 0.3) is 11.4 Å². The molecule has 4 rings (SSSR count). The molecule has 1 N–H and O–H groups in total. The third kappa shape index (κ3) is 4.05. The van der Waals surface area contributed by atoms with Gasteiger partial charge in [-0.1, -0.05) is 36.4 Å². The standard InChI is InChI=1S/C24H26N4O2S/c1-17-10-4-6-12-20(17)27-22(29)19(16-25-26-14-8-3-9-15-26)23(30)28(24(27)31)21-13-7-5-11-18(21)2/h4-7,10-13,16,29H,3,8-9,14-15H2,1-2H3. The first-order valence-electron chi connectivity index (χ1n) is 10.5. The van der Waals surface area contributed by atoms with Crippen LogP contribution in [0.2, 0.25) is 0 Å². The van der Waals surface area contributed by atoms with Crippen LogP contribution in [0.1, 0.15) is 36.0 Å². The number of aryl methyl sites for hydroxylation is 2. The summed E-state index contributed by atoms with van der Waals surface area (Å²) in [5, 5.41) is 17.6. The highest BCUT2D eigenvalue weighted by Gasteiger charge is 2.20. The zero-order valence-electron chi connectivity index (χ0n) is 17.8. The maximum atomic E-state index is 13.5. The first-order chi connectivity index (χ1) is 15.0. The topological polar surface area (TPSA) is 62.8 Å². The molecule has 0 saturated carbocycles. The van der Waals surface area contributed by atoms with E-state index in [-0.39, 0.29) is 21.8 Å². The van der Waals surface area contributed by atoms with Crippen molar-refractivity contribution >= 4 is 18.4 Å². The molecule has 0 spiro atoms. The van der Waals surface area contributed by atoms with Gasteiger partial charge in [0.1, 0.15) is 5.56 Å². The Morgan fingerprint density at radius 1 is 0.903 bits per heavy atom. The first kappa shape index (κ1) is 21.1. The van der Waals surface area contributed by atoms with Gasteiger partial charge >= 0.3 is 0 Å². The Bertz CT molecular complexity index is 1250. The Labute approximate surface area is 186 Å². The van der Waals surface area contributed by atoms with Crippen molar-refractivity contribution in [3.63, 3.8) is 0 Å². The smallest absolute Gasteiger partial charge is 0.271 e. The van der Waals surface area contributed by atoms with Crippen LogP contribution in [-0.4, -0.2) is 38.6 Å². The average molecular weight is 435 g/mol. The van der Waals surface area contributed by atoms with Crippen molar-refractivity contribution in [2.24, 2.45) is 5.10 Å². The summed E-state index contributed by atoms with van der Waals surface area (Å²) in [7, 11) is 0. The fourth-order valence-electron chi connectivity index (χ4n) is 3.92. The predicted octanol–water partition coefficient (Wildman–Crippen LogP) is 4.50. The second-order valence-corrected chi connectivity index (χ2v) is 8.19. The van der Waals surface area contributed by atoms with Crippen molar-refractivity contribution in [1.82, 2.24) is 14.1 Å². The lowest BCUT2D eigenvalue weighted by Gasteiger charge is -2.23. The van der Waals surface area contributed by atoms with Crippen LogP contribution in [0.5, 0.6) is 5.88 Å². The molecule has 0 bridgehead atoms. The number of hydrazone groups is 1. The molecule has 6 nitrogen and oxygen atoms in total. The highest BCUT2D eigenvalue weighted by atomic mass is 32.1. The fourth-order valence-corrected chi connectivity index (χ4v) is 4.28. The van der Waals surface area contributed by atoms with Gasteiger partial charge in [-0.05, 0) is 68.6 Å². The van der Waals surface area contributed by atoms with Crippen molar-refractivity contribution in [3.05, 3.63) is 80.3 Å². The number of piperidine rings is 1. The van der Waals surface area contributed by atoms with Gasteiger partial charge in [-0.15, -0.1) is 0 Å². The lowest BCUT2D eigenvalue weighted by atomic mass is 10.1. The van der Waals surface area contributed by atoms with Gasteiger partial charge in [-0.25, -0.2) is 0 Å². The minimum Gasteiger partial charge on any atom is -0.494 e. The lowest BCUT2D eigenvalue weighted by Crippen LogP contribution is -2.29. The van der Waals surface area contributed by atoms with Crippen LogP contribution >= 0.6 is 12.2 Å². The summed E-state index contributed by atoms with van der Waals surface area (Å²) in [4.78, 5) is 13.5. The maximum Gasteiger partial charge on any atom is 0.271 e. The minimum absolute atomic E-state index is 0.116. The highest BCUT2D eigenvalue weighted by molar-refractivity contribution is 7.71. The Balaban J connectivity index is 2.00. The molecule has 31 heavy (non-hydrogen) atoms.